The van der Waals surface area contributed by atoms with Gasteiger partial charge in [-0.15, -0.1) is 0 Å². The van der Waals surface area contributed by atoms with Gasteiger partial charge in [-0.1, -0.05) is 78.8 Å². The van der Waals surface area contributed by atoms with E-state index in [0.29, 0.717) is 37.1 Å². The Kier molecular flexibility index (Phi) is 13.9. The smallest absolute Gasteiger partial charge is 0.373 e. The summed E-state index contributed by atoms with van der Waals surface area (Å²) in [6.45, 7) is 3.06. The van der Waals surface area contributed by atoms with Crippen LogP contribution in [0.4, 0.5) is 46.5 Å². The Morgan fingerprint density at radius 3 is 1.26 bits per heavy atom. The number of aliphatic hydroxyl groups is 2. The molecule has 4 aromatic carbocycles. The molecule has 0 spiro atoms. The van der Waals surface area contributed by atoms with Crippen LogP contribution in [0.25, 0.3) is 21.5 Å². The molecule has 0 bridgehead atoms. The van der Waals surface area contributed by atoms with Crippen molar-refractivity contribution >= 4 is 44.7 Å². The fourth-order valence-corrected chi connectivity index (χ4v) is 9.83. The minimum Gasteiger partial charge on any atom is -0.373 e. The Morgan fingerprint density at radius 1 is 0.565 bits per heavy atom. The highest BCUT2D eigenvalue weighted by atomic mass is 19.4. The molecule has 69 heavy (non-hydrogen) atoms. The van der Waals surface area contributed by atoms with Gasteiger partial charge in [0, 0.05) is 45.8 Å². The lowest BCUT2D eigenvalue weighted by Crippen LogP contribution is -2.58. The fourth-order valence-electron chi connectivity index (χ4n) is 9.83. The van der Waals surface area contributed by atoms with Gasteiger partial charge in [-0.05, 0) is 99.2 Å². The molecule has 12 nitrogen and oxygen atoms in total. The van der Waals surface area contributed by atoms with Crippen molar-refractivity contribution in [3.8, 4) is 0 Å². The van der Waals surface area contributed by atoms with E-state index in [9.17, 15) is 64.5 Å². The van der Waals surface area contributed by atoms with Crippen molar-refractivity contribution in [2.24, 2.45) is 0 Å². The SMILES string of the molecule is Cc1noc(=O)c2ccc(NC(=O)C(O)(CC3(c4ccccc4F)CCCC3)C(F)(F)F)cc12.Cc1noc(=O)c2ccc(NC(=O)C(O)(CC3(c4ccccc4F)CCCCC3)C(F)(F)F)cc12. The number of hydrogen-bond acceptors (Lipinski definition) is 10. The van der Waals surface area contributed by atoms with Gasteiger partial charge < -0.3 is 29.9 Å². The third-order valence-electron chi connectivity index (χ3n) is 13.4. The molecule has 0 aliphatic heterocycles. The van der Waals surface area contributed by atoms with Crippen molar-refractivity contribution < 1.29 is 64.0 Å². The van der Waals surface area contributed by atoms with Crippen LogP contribution < -0.4 is 21.9 Å². The zero-order valence-corrected chi connectivity index (χ0v) is 37.1. The molecule has 2 amide bonds. The number of halogens is 8. The van der Waals surface area contributed by atoms with Gasteiger partial charge in [-0.25, -0.2) is 18.4 Å². The molecule has 2 aromatic heterocycles. The third-order valence-corrected chi connectivity index (χ3v) is 13.4. The van der Waals surface area contributed by atoms with Gasteiger partial charge >= 0.3 is 23.6 Å². The molecule has 2 fully saturated rings. The first-order valence-corrected chi connectivity index (χ1v) is 22.0. The molecule has 2 heterocycles. The van der Waals surface area contributed by atoms with Crippen LogP contribution in [-0.2, 0) is 20.4 Å². The molecule has 20 heteroatoms. The summed E-state index contributed by atoms with van der Waals surface area (Å²) in [4.78, 5) is 49.6. The number of amides is 2. The Morgan fingerprint density at radius 2 is 0.913 bits per heavy atom. The molecule has 2 saturated carbocycles. The summed E-state index contributed by atoms with van der Waals surface area (Å²) in [7, 11) is 0. The highest BCUT2D eigenvalue weighted by Crippen LogP contribution is 2.52. The van der Waals surface area contributed by atoms with E-state index >= 15 is 0 Å². The lowest BCUT2D eigenvalue weighted by molar-refractivity contribution is -0.256. The van der Waals surface area contributed by atoms with Gasteiger partial charge in [0.25, 0.3) is 11.8 Å². The highest BCUT2D eigenvalue weighted by Gasteiger charge is 2.64. The second-order valence-corrected chi connectivity index (χ2v) is 17.9. The lowest BCUT2D eigenvalue weighted by atomic mass is 9.63. The van der Waals surface area contributed by atoms with Gasteiger partial charge in [0.05, 0.1) is 22.2 Å². The summed E-state index contributed by atoms with van der Waals surface area (Å²) in [6, 6.07) is 18.7. The van der Waals surface area contributed by atoms with E-state index in [1.807, 2.05) is 0 Å². The molecule has 4 N–H and O–H groups in total. The molecule has 2 aliphatic carbocycles. The van der Waals surface area contributed by atoms with Crippen molar-refractivity contribution in [3.63, 3.8) is 0 Å². The molecule has 2 atom stereocenters. The average molecular weight is 971 g/mol. The molecule has 0 saturated heterocycles. The monoisotopic (exact) mass is 970 g/mol. The maximum absolute atomic E-state index is 14.8. The molecular weight excluding hydrogens is 925 g/mol. The molecule has 2 unspecified atom stereocenters. The number of nitrogens with one attached hydrogen (secondary N) is 2. The van der Waals surface area contributed by atoms with Crippen molar-refractivity contribution in [1.82, 2.24) is 10.3 Å². The van der Waals surface area contributed by atoms with Crippen molar-refractivity contribution in [1.29, 1.82) is 0 Å². The highest BCUT2D eigenvalue weighted by molar-refractivity contribution is 6.01. The first-order chi connectivity index (χ1) is 32.4. The number of carbonyl (C=O) groups excluding carboxylic acids is 2. The quantitative estimate of drug-likeness (QED) is 0.0964. The minimum absolute atomic E-state index is 0.0575. The number of carbonyl (C=O) groups is 2. The van der Waals surface area contributed by atoms with E-state index in [1.54, 1.807) is 0 Å². The molecule has 366 valence electrons. The predicted molar refractivity (Wildman–Crippen MR) is 236 cm³/mol. The van der Waals surface area contributed by atoms with Crippen LogP contribution >= 0.6 is 0 Å². The summed E-state index contributed by atoms with van der Waals surface area (Å²) in [5.41, 5.74) is -11.2. The largest absolute Gasteiger partial charge is 0.426 e. The minimum atomic E-state index is -5.33. The number of anilines is 2. The number of fused-ring (bicyclic) bond motifs is 2. The van der Waals surface area contributed by atoms with Crippen LogP contribution in [0, 0.1) is 25.5 Å². The summed E-state index contributed by atoms with van der Waals surface area (Å²) < 4.78 is 124. The summed E-state index contributed by atoms with van der Waals surface area (Å²) in [6.07, 6.45) is -8.93. The first-order valence-electron chi connectivity index (χ1n) is 22.0. The topological polar surface area (TPSA) is 185 Å². The van der Waals surface area contributed by atoms with E-state index in [4.69, 9.17) is 0 Å². The molecule has 6 aromatic rings. The lowest BCUT2D eigenvalue weighted by Gasteiger charge is -2.43. The Hall–Kier alpha value is -6.54. The van der Waals surface area contributed by atoms with Gasteiger partial charge in [0.1, 0.15) is 11.6 Å². The predicted octanol–water partition coefficient (Wildman–Crippen LogP) is 9.93. The van der Waals surface area contributed by atoms with Crippen LogP contribution in [0.1, 0.15) is 93.1 Å². The summed E-state index contributed by atoms with van der Waals surface area (Å²) in [5, 5.41) is 34.0. The zero-order chi connectivity index (χ0) is 50.2. The van der Waals surface area contributed by atoms with Crippen LogP contribution in [-0.4, -0.2) is 55.9 Å². The number of nitrogens with zero attached hydrogens (tertiary/aromatic N) is 2. The van der Waals surface area contributed by atoms with Gasteiger partial charge in [-0.3, -0.25) is 9.59 Å². The maximum Gasteiger partial charge on any atom is 0.426 e. The Labute approximate surface area is 387 Å². The number of aromatic nitrogens is 2. The van der Waals surface area contributed by atoms with E-state index < -0.39 is 81.9 Å². The number of hydrogen-bond donors (Lipinski definition) is 4. The standard InChI is InChI=1S/C25H24F4N2O4.C24H22F4N2O4/c1-15-18-13-16(9-10-17(18)21(32)35-31-15)30-22(33)24(34,25(27,28)29)14-23(11-5-2-6-12-23)19-7-3-4-8-20(19)26;1-14-17-12-15(8-9-16(17)20(31)34-30-14)29-21(32)23(33,24(26,27)28)13-22(10-4-5-11-22)18-6-2-3-7-19(18)25/h3-4,7-10,13,34H,2,5-6,11-12,14H2,1H3,(H,30,33);2-3,6-9,12,33H,4-5,10-11,13H2,1H3,(H,29,32). The van der Waals surface area contributed by atoms with E-state index in [1.165, 1.54) is 92.7 Å². The summed E-state index contributed by atoms with van der Waals surface area (Å²) in [5.74, 6) is -4.71. The van der Waals surface area contributed by atoms with E-state index in [-0.39, 0.29) is 69.7 Å². The second-order valence-electron chi connectivity index (χ2n) is 17.9. The molecule has 0 radical (unpaired) electrons. The normalized spacial score (nSPS) is 17.6. The van der Waals surface area contributed by atoms with E-state index in [2.05, 4.69) is 30.0 Å². The van der Waals surface area contributed by atoms with Crippen molar-refractivity contribution in [2.75, 3.05) is 10.6 Å². The van der Waals surface area contributed by atoms with Crippen LogP contribution in [0.3, 0.4) is 0 Å². The van der Waals surface area contributed by atoms with Crippen LogP contribution in [0.5, 0.6) is 0 Å². The van der Waals surface area contributed by atoms with Crippen molar-refractivity contribution in [2.45, 2.75) is 119 Å². The summed E-state index contributed by atoms with van der Waals surface area (Å²) >= 11 is 0. The van der Waals surface area contributed by atoms with Crippen LogP contribution in [0.15, 0.2) is 104 Å². The zero-order valence-electron chi connectivity index (χ0n) is 37.1. The third kappa shape index (κ3) is 9.86. The maximum atomic E-state index is 14.8. The molecule has 2 aliphatic rings. The first kappa shape index (κ1) is 50.3. The second kappa shape index (κ2) is 19.1. The van der Waals surface area contributed by atoms with Crippen LogP contribution in [0.2, 0.25) is 0 Å². The fraction of sp³-hybridized carbons (Fsp3) is 0.388. The number of aryl methyl sites for hydroxylation is 2. The number of benzene rings is 4. The van der Waals surface area contributed by atoms with Gasteiger partial charge in [-0.2, -0.15) is 26.3 Å². The van der Waals surface area contributed by atoms with Crippen molar-refractivity contribution in [3.05, 3.63) is 140 Å². The molecular formula is C49H46F8N4O8. The van der Waals surface area contributed by atoms with E-state index in [0.717, 1.165) is 12.5 Å². The number of rotatable bonds is 10. The Balaban J connectivity index is 0.000000204. The van der Waals surface area contributed by atoms with Gasteiger partial charge in [0.15, 0.2) is 0 Å². The average Bonchev–Trinajstić information content (AvgIpc) is 3.78. The number of alkyl halides is 6. The van der Waals surface area contributed by atoms with Gasteiger partial charge in [0.2, 0.25) is 11.2 Å². The molecule has 8 rings (SSSR count). The Bertz CT molecular complexity index is 3020.